The molecule has 6 nitrogen and oxygen atoms in total. The van der Waals surface area contributed by atoms with Crippen molar-refractivity contribution in [3.05, 3.63) is 59.2 Å². The molecule has 150 valence electrons. The molecule has 1 aliphatic rings. The Kier molecular flexibility index (Phi) is 5.76. The fourth-order valence-corrected chi connectivity index (χ4v) is 4.16. The number of amides is 1. The van der Waals surface area contributed by atoms with Gasteiger partial charge in [0.25, 0.3) is 5.91 Å². The molecule has 0 bridgehead atoms. The second-order valence-corrected chi connectivity index (χ2v) is 7.79. The number of ether oxygens (including phenoxy) is 1. The lowest BCUT2D eigenvalue weighted by Crippen LogP contribution is -2.49. The Morgan fingerprint density at radius 2 is 1.86 bits per heavy atom. The van der Waals surface area contributed by atoms with Crippen LogP contribution in [0.3, 0.4) is 0 Å². The van der Waals surface area contributed by atoms with Crippen LogP contribution in [0.5, 0.6) is 5.75 Å². The van der Waals surface area contributed by atoms with E-state index in [1.165, 1.54) is 0 Å². The van der Waals surface area contributed by atoms with Gasteiger partial charge in [-0.2, -0.15) is 0 Å². The molecule has 0 atom stereocenters. The van der Waals surface area contributed by atoms with Crippen molar-refractivity contribution >= 4 is 23.1 Å². The molecular formula is C22H24N4O2S. The van der Waals surface area contributed by atoms with E-state index in [1.54, 1.807) is 11.3 Å². The molecule has 4 rings (SSSR count). The Morgan fingerprint density at radius 1 is 1.10 bits per heavy atom. The largest absolute Gasteiger partial charge is 0.494 e. The predicted octanol–water partition coefficient (Wildman–Crippen LogP) is 3.87. The van der Waals surface area contributed by atoms with E-state index < -0.39 is 0 Å². The van der Waals surface area contributed by atoms with E-state index in [2.05, 4.69) is 20.9 Å². The third-order valence-electron chi connectivity index (χ3n) is 4.92. The zero-order valence-corrected chi connectivity index (χ0v) is 17.5. The third-order valence-corrected chi connectivity index (χ3v) is 5.93. The van der Waals surface area contributed by atoms with Crippen molar-refractivity contribution in [1.82, 2.24) is 14.9 Å². The summed E-state index contributed by atoms with van der Waals surface area (Å²) in [4.78, 5) is 26.0. The monoisotopic (exact) mass is 408 g/mol. The number of piperazine rings is 1. The van der Waals surface area contributed by atoms with Gasteiger partial charge in [0.05, 0.1) is 6.61 Å². The molecule has 0 unspecified atom stereocenters. The Morgan fingerprint density at radius 3 is 2.45 bits per heavy atom. The van der Waals surface area contributed by atoms with E-state index >= 15 is 0 Å². The van der Waals surface area contributed by atoms with Crippen molar-refractivity contribution in [3.63, 3.8) is 0 Å². The van der Waals surface area contributed by atoms with Gasteiger partial charge in [-0.1, -0.05) is 0 Å². The van der Waals surface area contributed by atoms with Crippen molar-refractivity contribution in [2.45, 2.75) is 13.8 Å². The molecule has 0 N–H and O–H groups in total. The van der Waals surface area contributed by atoms with Gasteiger partial charge < -0.3 is 14.5 Å². The highest BCUT2D eigenvalue weighted by Gasteiger charge is 2.23. The minimum Gasteiger partial charge on any atom is -0.494 e. The quantitative estimate of drug-likeness (QED) is 0.641. The maximum absolute atomic E-state index is 12.8. The Hall–Kier alpha value is -2.93. The molecule has 7 heteroatoms. The maximum Gasteiger partial charge on any atom is 0.253 e. The summed E-state index contributed by atoms with van der Waals surface area (Å²) >= 11 is 1.63. The van der Waals surface area contributed by atoms with Crippen LogP contribution in [0.4, 0.5) is 5.82 Å². The van der Waals surface area contributed by atoms with E-state index in [9.17, 15) is 4.79 Å². The lowest BCUT2D eigenvalue weighted by molar-refractivity contribution is 0.0746. The van der Waals surface area contributed by atoms with E-state index in [-0.39, 0.29) is 5.91 Å². The van der Waals surface area contributed by atoms with Crippen LogP contribution in [0.1, 0.15) is 23.0 Å². The van der Waals surface area contributed by atoms with E-state index in [4.69, 9.17) is 4.74 Å². The highest BCUT2D eigenvalue weighted by molar-refractivity contribution is 7.13. The van der Waals surface area contributed by atoms with Gasteiger partial charge in [-0.05, 0) is 50.2 Å². The number of hydrogen-bond acceptors (Lipinski definition) is 6. The van der Waals surface area contributed by atoms with Gasteiger partial charge in [0.1, 0.15) is 16.6 Å². The molecule has 1 fully saturated rings. The molecule has 1 aliphatic heterocycles. The summed E-state index contributed by atoms with van der Waals surface area (Å²) in [5.74, 6) is 1.79. The molecular weight excluding hydrogens is 384 g/mol. The van der Waals surface area contributed by atoms with Gasteiger partial charge in [-0.15, -0.1) is 11.3 Å². The van der Waals surface area contributed by atoms with Crippen molar-refractivity contribution < 1.29 is 9.53 Å². The van der Waals surface area contributed by atoms with Gasteiger partial charge in [0, 0.05) is 54.6 Å². The first-order valence-corrected chi connectivity index (χ1v) is 10.7. The van der Waals surface area contributed by atoms with Crippen LogP contribution in [0.15, 0.2) is 48.0 Å². The Balaban J connectivity index is 1.35. The number of carbonyl (C=O) groups is 1. The van der Waals surface area contributed by atoms with Crippen LogP contribution in [-0.2, 0) is 0 Å². The first-order chi connectivity index (χ1) is 14.1. The maximum atomic E-state index is 12.8. The van der Waals surface area contributed by atoms with Crippen molar-refractivity contribution in [2.24, 2.45) is 0 Å². The summed E-state index contributed by atoms with van der Waals surface area (Å²) in [6.07, 6.45) is 1.88. The Bertz CT molecular complexity index is 961. The number of pyridine rings is 1. The van der Waals surface area contributed by atoms with Crippen LogP contribution in [0, 0.1) is 6.92 Å². The van der Waals surface area contributed by atoms with Crippen LogP contribution in [0.25, 0.3) is 10.6 Å². The molecule has 3 aromatic rings. The lowest BCUT2D eigenvalue weighted by atomic mass is 10.1. The van der Waals surface area contributed by atoms with Gasteiger partial charge in [0.15, 0.2) is 0 Å². The van der Waals surface area contributed by atoms with Crippen molar-refractivity contribution in [1.29, 1.82) is 0 Å². The Labute approximate surface area is 174 Å². The average molecular weight is 409 g/mol. The van der Waals surface area contributed by atoms with Crippen LogP contribution in [-0.4, -0.2) is 53.6 Å². The first kappa shape index (κ1) is 19.4. The highest BCUT2D eigenvalue weighted by atomic mass is 32.1. The summed E-state index contributed by atoms with van der Waals surface area (Å²) in [6, 6.07) is 11.5. The highest BCUT2D eigenvalue weighted by Crippen LogP contribution is 2.25. The number of benzene rings is 1. The topological polar surface area (TPSA) is 58.6 Å². The van der Waals surface area contributed by atoms with Crippen molar-refractivity contribution in [2.75, 3.05) is 37.7 Å². The minimum absolute atomic E-state index is 0.0649. The molecule has 29 heavy (non-hydrogen) atoms. The molecule has 2 aromatic heterocycles. The first-order valence-electron chi connectivity index (χ1n) is 9.79. The minimum atomic E-state index is 0.0649. The molecule has 0 radical (unpaired) electrons. The predicted molar refractivity (Wildman–Crippen MR) is 116 cm³/mol. The summed E-state index contributed by atoms with van der Waals surface area (Å²) in [7, 11) is 0. The molecule has 1 amide bonds. The van der Waals surface area contributed by atoms with Gasteiger partial charge in [-0.3, -0.25) is 4.79 Å². The second-order valence-electron chi connectivity index (χ2n) is 6.94. The second kappa shape index (κ2) is 8.61. The lowest BCUT2D eigenvalue weighted by Gasteiger charge is -2.35. The van der Waals surface area contributed by atoms with Gasteiger partial charge >= 0.3 is 0 Å². The van der Waals surface area contributed by atoms with Crippen LogP contribution < -0.4 is 9.64 Å². The third kappa shape index (κ3) is 4.40. The fraction of sp³-hybridized carbons (Fsp3) is 0.318. The number of rotatable bonds is 5. The summed E-state index contributed by atoms with van der Waals surface area (Å²) < 4.78 is 5.45. The summed E-state index contributed by atoms with van der Waals surface area (Å²) in [6.45, 7) is 7.46. The number of thiazole rings is 1. The van der Waals surface area contributed by atoms with Gasteiger partial charge in [-0.25, -0.2) is 9.97 Å². The van der Waals surface area contributed by atoms with Crippen LogP contribution in [0.2, 0.25) is 0 Å². The number of nitrogens with zero attached hydrogens (tertiary/aromatic N) is 4. The standard InChI is InChI=1S/C22H24N4O2S/c1-3-28-19-7-4-17(5-8-19)22(27)26-12-10-25(11-13-26)20-9-6-18(14-23-20)21-24-16(2)15-29-21/h4-9,14-15H,3,10-13H2,1-2H3. The molecule has 0 spiro atoms. The van der Waals surface area contributed by atoms with E-state index in [0.717, 1.165) is 40.9 Å². The SMILES string of the molecule is CCOc1ccc(C(=O)N2CCN(c3ccc(-c4nc(C)cs4)cn3)CC2)cc1. The average Bonchev–Trinajstić information content (AvgIpc) is 3.21. The molecule has 1 aromatic carbocycles. The number of aryl methyl sites for hydroxylation is 1. The zero-order valence-electron chi connectivity index (χ0n) is 16.7. The van der Waals surface area contributed by atoms with E-state index in [1.807, 2.05) is 60.7 Å². The zero-order chi connectivity index (χ0) is 20.2. The summed E-state index contributed by atoms with van der Waals surface area (Å²) in [5, 5.41) is 3.04. The van der Waals surface area contributed by atoms with E-state index in [0.29, 0.717) is 25.3 Å². The summed E-state index contributed by atoms with van der Waals surface area (Å²) in [5.41, 5.74) is 2.77. The fourth-order valence-electron chi connectivity index (χ4n) is 3.37. The number of hydrogen-bond donors (Lipinski definition) is 0. The molecule has 3 heterocycles. The van der Waals surface area contributed by atoms with Crippen LogP contribution >= 0.6 is 11.3 Å². The number of aromatic nitrogens is 2. The van der Waals surface area contributed by atoms with Gasteiger partial charge in [0.2, 0.25) is 0 Å². The molecule has 0 aliphatic carbocycles. The van der Waals surface area contributed by atoms with Crippen molar-refractivity contribution in [3.8, 4) is 16.3 Å². The number of anilines is 1. The molecule has 1 saturated heterocycles. The number of carbonyl (C=O) groups excluding carboxylic acids is 1. The molecule has 0 saturated carbocycles. The smallest absolute Gasteiger partial charge is 0.253 e. The normalized spacial score (nSPS) is 14.1.